The van der Waals surface area contributed by atoms with Crippen molar-refractivity contribution in [3.8, 4) is 0 Å². The van der Waals surface area contributed by atoms with Crippen LogP contribution in [0.5, 0.6) is 0 Å². The third-order valence-electron chi connectivity index (χ3n) is 2.52. The Morgan fingerprint density at radius 1 is 1.56 bits per heavy atom. The zero-order chi connectivity index (χ0) is 13.1. The Balaban J connectivity index is 2.40. The van der Waals surface area contributed by atoms with Gasteiger partial charge in [0.2, 0.25) is 0 Å². The van der Waals surface area contributed by atoms with Crippen molar-refractivity contribution in [2.75, 3.05) is 0 Å². The van der Waals surface area contributed by atoms with Gasteiger partial charge in [-0.2, -0.15) is 0 Å². The van der Waals surface area contributed by atoms with Crippen LogP contribution >= 0.6 is 23.4 Å². The van der Waals surface area contributed by atoms with Gasteiger partial charge in [-0.15, -0.1) is 5.10 Å². The third kappa shape index (κ3) is 2.45. The second kappa shape index (κ2) is 5.60. The molecule has 18 heavy (non-hydrogen) atoms. The summed E-state index contributed by atoms with van der Waals surface area (Å²) in [5, 5.41) is 7.66. The van der Waals surface area contributed by atoms with Crippen LogP contribution < -0.4 is 11.4 Å². The molecule has 0 aliphatic carbocycles. The lowest BCUT2D eigenvalue weighted by Gasteiger charge is -2.08. The molecule has 0 saturated carbocycles. The molecule has 0 fully saturated rings. The summed E-state index contributed by atoms with van der Waals surface area (Å²) < 4.78 is 1.56. The minimum Gasteiger partial charge on any atom is -0.326 e. The number of nitrogens with two attached hydrogens (primary N) is 1. The van der Waals surface area contributed by atoms with E-state index in [9.17, 15) is 4.79 Å². The number of benzene rings is 1. The first-order chi connectivity index (χ1) is 8.67. The van der Waals surface area contributed by atoms with E-state index in [1.165, 1.54) is 11.8 Å². The van der Waals surface area contributed by atoms with Crippen LogP contribution in [0.15, 0.2) is 33.0 Å². The summed E-state index contributed by atoms with van der Waals surface area (Å²) in [5.41, 5.74) is 6.34. The molecule has 0 aliphatic heterocycles. The lowest BCUT2D eigenvalue weighted by molar-refractivity contribution is 0.660. The predicted molar refractivity (Wildman–Crippen MR) is 72.0 cm³/mol. The topological polar surface area (TPSA) is 76.7 Å². The van der Waals surface area contributed by atoms with Gasteiger partial charge < -0.3 is 5.73 Å². The Labute approximate surface area is 113 Å². The number of rotatable bonds is 4. The van der Waals surface area contributed by atoms with Gasteiger partial charge in [-0.05, 0) is 36.4 Å². The van der Waals surface area contributed by atoms with Gasteiger partial charge in [0.15, 0.2) is 5.16 Å². The predicted octanol–water partition coefficient (Wildman–Crippen LogP) is 1.85. The molecule has 0 amide bonds. The van der Waals surface area contributed by atoms with E-state index >= 15 is 0 Å². The van der Waals surface area contributed by atoms with Gasteiger partial charge in [-0.1, -0.05) is 17.7 Å². The SMILES string of the molecule is CCn1c(Sc2cccc(Cl)c2CN)n[nH]c1=O. The first-order valence-corrected chi connectivity index (χ1v) is 6.67. The van der Waals surface area contributed by atoms with Gasteiger partial charge in [-0.25, -0.2) is 9.89 Å². The van der Waals surface area contributed by atoms with Crippen molar-refractivity contribution >= 4 is 23.4 Å². The highest BCUT2D eigenvalue weighted by molar-refractivity contribution is 7.99. The molecule has 0 aliphatic rings. The largest absolute Gasteiger partial charge is 0.343 e. The molecule has 7 heteroatoms. The maximum atomic E-state index is 11.5. The Hall–Kier alpha value is -1.24. The van der Waals surface area contributed by atoms with Crippen molar-refractivity contribution in [2.45, 2.75) is 30.1 Å². The van der Waals surface area contributed by atoms with E-state index in [0.29, 0.717) is 23.3 Å². The van der Waals surface area contributed by atoms with Gasteiger partial charge in [0.05, 0.1) is 0 Å². The molecular formula is C11H13ClN4OS. The smallest absolute Gasteiger partial charge is 0.326 e. The summed E-state index contributed by atoms with van der Waals surface area (Å²) in [6, 6.07) is 5.56. The molecule has 0 radical (unpaired) electrons. The molecule has 0 unspecified atom stereocenters. The van der Waals surface area contributed by atoms with Crippen LogP contribution in [0.4, 0.5) is 0 Å². The Bertz CT molecular complexity index is 607. The lowest BCUT2D eigenvalue weighted by Crippen LogP contribution is -2.16. The fourth-order valence-corrected chi connectivity index (χ4v) is 2.97. The van der Waals surface area contributed by atoms with E-state index in [2.05, 4.69) is 10.2 Å². The molecule has 3 N–H and O–H groups in total. The van der Waals surface area contributed by atoms with Crippen molar-refractivity contribution in [3.63, 3.8) is 0 Å². The fraction of sp³-hybridized carbons (Fsp3) is 0.273. The first kappa shape index (κ1) is 13.2. The number of H-pyrrole nitrogens is 1. The van der Waals surface area contributed by atoms with E-state index < -0.39 is 0 Å². The molecule has 0 saturated heterocycles. The summed E-state index contributed by atoms with van der Waals surface area (Å²) in [6.07, 6.45) is 0. The van der Waals surface area contributed by atoms with Crippen molar-refractivity contribution < 1.29 is 0 Å². The van der Waals surface area contributed by atoms with Gasteiger partial charge in [0, 0.05) is 23.0 Å². The van der Waals surface area contributed by atoms with Crippen LogP contribution in [-0.2, 0) is 13.1 Å². The molecule has 2 aromatic rings. The van der Waals surface area contributed by atoms with Crippen LogP contribution in [0.3, 0.4) is 0 Å². The standard InChI is InChI=1S/C11H13ClN4OS/c1-2-16-10(17)14-15-11(16)18-9-5-3-4-8(12)7(9)6-13/h3-5H,2,6,13H2,1H3,(H,14,17). The molecule has 1 aromatic heterocycles. The number of aromatic nitrogens is 3. The molecule has 1 heterocycles. The lowest BCUT2D eigenvalue weighted by atomic mass is 10.2. The molecule has 5 nitrogen and oxygen atoms in total. The summed E-state index contributed by atoms with van der Waals surface area (Å²) in [4.78, 5) is 12.4. The average Bonchev–Trinajstić information content (AvgIpc) is 2.70. The molecular weight excluding hydrogens is 272 g/mol. The number of hydrogen-bond donors (Lipinski definition) is 2. The highest BCUT2D eigenvalue weighted by Crippen LogP contribution is 2.31. The van der Waals surface area contributed by atoms with E-state index in [-0.39, 0.29) is 5.69 Å². The van der Waals surface area contributed by atoms with E-state index in [4.69, 9.17) is 17.3 Å². The molecule has 1 aromatic carbocycles. The zero-order valence-electron chi connectivity index (χ0n) is 9.81. The summed E-state index contributed by atoms with van der Waals surface area (Å²) in [5.74, 6) is 0. The van der Waals surface area contributed by atoms with Crippen LogP contribution in [0.1, 0.15) is 12.5 Å². The normalized spacial score (nSPS) is 10.8. The van der Waals surface area contributed by atoms with Crippen LogP contribution in [0, 0.1) is 0 Å². The third-order valence-corrected chi connectivity index (χ3v) is 3.97. The molecule has 0 bridgehead atoms. The van der Waals surface area contributed by atoms with Gasteiger partial charge in [0.25, 0.3) is 0 Å². The van der Waals surface area contributed by atoms with E-state index in [0.717, 1.165) is 10.5 Å². The summed E-state index contributed by atoms with van der Waals surface area (Å²) in [6.45, 7) is 2.81. The maximum absolute atomic E-state index is 11.5. The van der Waals surface area contributed by atoms with E-state index in [1.807, 2.05) is 19.1 Å². The van der Waals surface area contributed by atoms with Gasteiger partial charge in [0.1, 0.15) is 0 Å². The number of hydrogen-bond acceptors (Lipinski definition) is 4. The Morgan fingerprint density at radius 3 is 3.00 bits per heavy atom. The molecule has 0 atom stereocenters. The van der Waals surface area contributed by atoms with Crippen molar-refractivity contribution in [2.24, 2.45) is 5.73 Å². The minimum absolute atomic E-state index is 0.212. The van der Waals surface area contributed by atoms with Crippen molar-refractivity contribution in [1.29, 1.82) is 0 Å². The first-order valence-electron chi connectivity index (χ1n) is 5.47. The molecule has 2 rings (SSSR count). The van der Waals surface area contributed by atoms with Crippen LogP contribution in [-0.4, -0.2) is 14.8 Å². The van der Waals surface area contributed by atoms with E-state index in [1.54, 1.807) is 10.6 Å². The highest BCUT2D eigenvalue weighted by atomic mass is 35.5. The Kier molecular flexibility index (Phi) is 4.11. The van der Waals surface area contributed by atoms with Crippen molar-refractivity contribution in [1.82, 2.24) is 14.8 Å². The minimum atomic E-state index is -0.212. The number of nitrogens with one attached hydrogen (secondary N) is 1. The second-order valence-corrected chi connectivity index (χ2v) is 4.99. The number of nitrogens with zero attached hydrogens (tertiary/aromatic N) is 2. The number of halogens is 1. The quantitative estimate of drug-likeness (QED) is 0.898. The maximum Gasteiger partial charge on any atom is 0.343 e. The zero-order valence-corrected chi connectivity index (χ0v) is 11.4. The van der Waals surface area contributed by atoms with Gasteiger partial charge in [-0.3, -0.25) is 4.57 Å². The Morgan fingerprint density at radius 2 is 2.33 bits per heavy atom. The number of aromatic amines is 1. The average molecular weight is 285 g/mol. The van der Waals surface area contributed by atoms with Crippen molar-refractivity contribution in [3.05, 3.63) is 39.3 Å². The summed E-state index contributed by atoms with van der Waals surface area (Å²) >= 11 is 7.47. The fourth-order valence-electron chi connectivity index (χ4n) is 1.59. The van der Waals surface area contributed by atoms with Crippen LogP contribution in [0.25, 0.3) is 0 Å². The molecule has 0 spiro atoms. The monoisotopic (exact) mass is 284 g/mol. The highest BCUT2D eigenvalue weighted by Gasteiger charge is 2.12. The van der Waals surface area contributed by atoms with Gasteiger partial charge >= 0.3 is 5.69 Å². The summed E-state index contributed by atoms with van der Waals surface area (Å²) in [7, 11) is 0. The van der Waals surface area contributed by atoms with Crippen LogP contribution in [0.2, 0.25) is 5.02 Å². The second-order valence-electron chi connectivity index (χ2n) is 3.58. The molecule has 96 valence electrons.